The summed E-state index contributed by atoms with van der Waals surface area (Å²) in [6, 6.07) is 4.48. The molecule has 26 heavy (non-hydrogen) atoms. The molecule has 1 aromatic heterocycles. The SMILES string of the molecule is O=C(Nc1csc(SN2CCC[C@H]2CO)c1O)Nc1cccc(Cl)c1Cl. The van der Waals surface area contributed by atoms with Crippen molar-refractivity contribution in [3.05, 3.63) is 33.6 Å². The second-order valence-corrected chi connectivity index (χ2v) is 8.66. The van der Waals surface area contributed by atoms with Crippen LogP contribution in [0.2, 0.25) is 10.0 Å². The molecule has 3 rings (SSSR count). The number of nitrogens with one attached hydrogen (secondary N) is 2. The summed E-state index contributed by atoms with van der Waals surface area (Å²) in [5.74, 6) is 0.0101. The molecule has 1 saturated heterocycles. The average molecular weight is 434 g/mol. The standard InChI is InChI=1S/C16H17Cl2N3O3S2/c17-10-4-1-5-11(13(10)18)19-16(24)20-12-8-25-15(14(12)23)26-21-6-2-3-9(21)7-22/h1,4-5,8-9,22-23H,2-3,6-7H2,(H2,19,20,24)/t9-/m0/s1. The summed E-state index contributed by atoms with van der Waals surface area (Å²) in [5, 5.41) is 27.2. The molecule has 4 N–H and O–H groups in total. The van der Waals surface area contributed by atoms with Crippen LogP contribution in [0.3, 0.4) is 0 Å². The number of hydrogen-bond acceptors (Lipinski definition) is 6. The summed E-state index contributed by atoms with van der Waals surface area (Å²) in [7, 11) is 0. The zero-order chi connectivity index (χ0) is 18.7. The molecule has 1 aliphatic rings. The summed E-state index contributed by atoms with van der Waals surface area (Å²) in [6.45, 7) is 0.941. The number of urea groups is 1. The van der Waals surface area contributed by atoms with Gasteiger partial charge >= 0.3 is 6.03 Å². The molecule has 2 aromatic rings. The van der Waals surface area contributed by atoms with E-state index in [2.05, 4.69) is 14.9 Å². The second kappa shape index (κ2) is 8.69. The normalized spacial score (nSPS) is 17.4. The van der Waals surface area contributed by atoms with Crippen LogP contribution in [0.4, 0.5) is 16.2 Å². The molecule has 1 aliphatic heterocycles. The van der Waals surface area contributed by atoms with Gasteiger partial charge in [0.05, 0.1) is 28.0 Å². The quantitative estimate of drug-likeness (QED) is 0.505. The monoisotopic (exact) mass is 433 g/mol. The predicted octanol–water partition coefficient (Wildman–Crippen LogP) is 4.87. The van der Waals surface area contributed by atoms with Crippen molar-refractivity contribution in [3.63, 3.8) is 0 Å². The van der Waals surface area contributed by atoms with Crippen LogP contribution in [0.15, 0.2) is 27.8 Å². The van der Waals surface area contributed by atoms with Crippen molar-refractivity contribution >= 4 is 63.9 Å². The maximum absolute atomic E-state index is 12.2. The van der Waals surface area contributed by atoms with Gasteiger partial charge in [0.1, 0.15) is 4.21 Å². The summed E-state index contributed by atoms with van der Waals surface area (Å²) in [6.07, 6.45) is 1.95. The molecule has 6 nitrogen and oxygen atoms in total. The van der Waals surface area contributed by atoms with E-state index in [-0.39, 0.29) is 23.4 Å². The van der Waals surface area contributed by atoms with Crippen molar-refractivity contribution in [1.82, 2.24) is 4.31 Å². The molecule has 0 radical (unpaired) electrons. The van der Waals surface area contributed by atoms with Gasteiger partial charge < -0.3 is 20.8 Å². The van der Waals surface area contributed by atoms with Crippen LogP contribution >= 0.6 is 46.5 Å². The van der Waals surface area contributed by atoms with Gasteiger partial charge in [-0.1, -0.05) is 29.3 Å². The van der Waals surface area contributed by atoms with E-state index in [4.69, 9.17) is 23.2 Å². The molecule has 10 heteroatoms. The van der Waals surface area contributed by atoms with E-state index in [0.29, 0.717) is 20.6 Å². The van der Waals surface area contributed by atoms with E-state index >= 15 is 0 Å². The Labute approximate surface area is 169 Å². The topological polar surface area (TPSA) is 84.8 Å². The maximum Gasteiger partial charge on any atom is 0.323 e. The average Bonchev–Trinajstić information content (AvgIpc) is 3.20. The minimum atomic E-state index is -0.534. The lowest BCUT2D eigenvalue weighted by atomic mass is 10.2. The van der Waals surface area contributed by atoms with Crippen molar-refractivity contribution in [2.75, 3.05) is 23.8 Å². The molecule has 2 amide bonds. The summed E-state index contributed by atoms with van der Waals surface area (Å²) in [4.78, 5) is 12.2. The number of hydrogen-bond donors (Lipinski definition) is 4. The van der Waals surface area contributed by atoms with E-state index < -0.39 is 6.03 Å². The zero-order valence-corrected chi connectivity index (χ0v) is 16.7. The van der Waals surface area contributed by atoms with Gasteiger partial charge in [0.25, 0.3) is 0 Å². The van der Waals surface area contributed by atoms with E-state index in [1.54, 1.807) is 23.6 Å². The first kappa shape index (κ1) is 19.6. The van der Waals surface area contributed by atoms with Gasteiger partial charge in [-0.2, -0.15) is 0 Å². The maximum atomic E-state index is 12.2. The van der Waals surface area contributed by atoms with Crippen LogP contribution < -0.4 is 10.6 Å². The molecule has 1 aromatic carbocycles. The molecular weight excluding hydrogens is 417 g/mol. The number of aliphatic hydroxyl groups is 1. The lowest BCUT2D eigenvalue weighted by Crippen LogP contribution is -2.25. The van der Waals surface area contributed by atoms with Crippen LogP contribution in [0.5, 0.6) is 5.75 Å². The van der Waals surface area contributed by atoms with Gasteiger partial charge in [0, 0.05) is 18.0 Å². The summed E-state index contributed by atoms with van der Waals surface area (Å²) in [5.41, 5.74) is 0.691. The molecule has 1 fully saturated rings. The van der Waals surface area contributed by atoms with Gasteiger partial charge in [-0.15, -0.1) is 11.3 Å². The van der Waals surface area contributed by atoms with Crippen molar-refractivity contribution in [1.29, 1.82) is 0 Å². The van der Waals surface area contributed by atoms with Gasteiger partial charge in [0.15, 0.2) is 5.75 Å². The first-order valence-corrected chi connectivity index (χ1v) is 10.3. The van der Waals surface area contributed by atoms with Gasteiger partial charge in [-0.05, 0) is 36.9 Å². The fourth-order valence-corrected chi connectivity index (χ4v) is 5.10. The Morgan fingerprint density at radius 3 is 2.88 bits per heavy atom. The Morgan fingerprint density at radius 2 is 2.12 bits per heavy atom. The molecule has 2 heterocycles. The number of aliphatic hydroxyl groups excluding tert-OH is 1. The lowest BCUT2D eigenvalue weighted by Gasteiger charge is -2.20. The van der Waals surface area contributed by atoms with E-state index in [1.165, 1.54) is 23.3 Å². The fourth-order valence-electron chi connectivity index (χ4n) is 2.58. The van der Waals surface area contributed by atoms with Crippen LogP contribution in [-0.4, -0.2) is 39.7 Å². The first-order chi connectivity index (χ1) is 12.5. The summed E-state index contributed by atoms with van der Waals surface area (Å²) < 4.78 is 2.72. The van der Waals surface area contributed by atoms with Crippen LogP contribution in [0, 0.1) is 0 Å². The van der Waals surface area contributed by atoms with E-state index in [9.17, 15) is 15.0 Å². The number of halogens is 2. The third-order valence-electron chi connectivity index (χ3n) is 3.91. The largest absolute Gasteiger partial charge is 0.504 e. The molecular formula is C16H17Cl2N3O3S2. The van der Waals surface area contributed by atoms with Gasteiger partial charge in [0.2, 0.25) is 0 Å². The number of aromatic hydroxyl groups is 1. The van der Waals surface area contributed by atoms with Gasteiger partial charge in [-0.3, -0.25) is 0 Å². The summed E-state index contributed by atoms with van der Waals surface area (Å²) >= 11 is 14.7. The fraction of sp³-hybridized carbons (Fsp3) is 0.312. The van der Waals surface area contributed by atoms with E-state index in [1.807, 2.05) is 0 Å². The minimum Gasteiger partial charge on any atom is -0.504 e. The second-order valence-electron chi connectivity index (χ2n) is 5.68. The smallest absolute Gasteiger partial charge is 0.323 e. The molecule has 0 spiro atoms. The highest BCUT2D eigenvalue weighted by Crippen LogP contribution is 2.44. The van der Waals surface area contributed by atoms with Crippen molar-refractivity contribution in [3.8, 4) is 5.75 Å². The van der Waals surface area contributed by atoms with Gasteiger partial charge in [-0.25, -0.2) is 9.10 Å². The van der Waals surface area contributed by atoms with Crippen LogP contribution in [-0.2, 0) is 0 Å². The van der Waals surface area contributed by atoms with Crippen molar-refractivity contribution in [2.24, 2.45) is 0 Å². The van der Waals surface area contributed by atoms with Crippen molar-refractivity contribution in [2.45, 2.75) is 23.1 Å². The molecule has 140 valence electrons. The third-order valence-corrected chi connectivity index (χ3v) is 7.08. The molecule has 1 atom stereocenters. The molecule has 0 unspecified atom stereocenters. The van der Waals surface area contributed by atoms with E-state index in [0.717, 1.165) is 19.4 Å². The zero-order valence-electron chi connectivity index (χ0n) is 13.5. The Hall–Kier alpha value is -1.16. The number of carbonyl (C=O) groups is 1. The Balaban J connectivity index is 1.64. The van der Waals surface area contributed by atoms with Crippen LogP contribution in [0.25, 0.3) is 0 Å². The number of carbonyl (C=O) groups excluding carboxylic acids is 1. The highest BCUT2D eigenvalue weighted by atomic mass is 35.5. The lowest BCUT2D eigenvalue weighted by molar-refractivity contribution is 0.221. The Kier molecular flexibility index (Phi) is 6.55. The minimum absolute atomic E-state index is 0.0101. The van der Waals surface area contributed by atoms with Crippen molar-refractivity contribution < 1.29 is 15.0 Å². The molecule has 0 bridgehead atoms. The van der Waals surface area contributed by atoms with Crippen LogP contribution in [0.1, 0.15) is 12.8 Å². The third kappa shape index (κ3) is 4.39. The first-order valence-electron chi connectivity index (χ1n) is 7.87. The number of thiophene rings is 1. The predicted molar refractivity (Wildman–Crippen MR) is 108 cm³/mol. The number of anilines is 2. The Bertz CT molecular complexity index is 803. The number of benzene rings is 1. The Morgan fingerprint density at radius 1 is 1.35 bits per heavy atom. The highest BCUT2D eigenvalue weighted by Gasteiger charge is 2.27. The number of amides is 2. The number of nitrogens with zero attached hydrogens (tertiary/aromatic N) is 1. The molecule has 0 saturated carbocycles. The number of rotatable bonds is 5. The highest BCUT2D eigenvalue weighted by molar-refractivity contribution is 7.99. The molecule has 0 aliphatic carbocycles.